The van der Waals surface area contributed by atoms with Gasteiger partial charge in [0, 0.05) is 17.9 Å². The zero-order valence-corrected chi connectivity index (χ0v) is 11.9. The quantitative estimate of drug-likeness (QED) is 0.898. The molecule has 1 fully saturated rings. The van der Waals surface area contributed by atoms with Crippen molar-refractivity contribution in [3.8, 4) is 5.69 Å². The van der Waals surface area contributed by atoms with Crippen LogP contribution >= 0.6 is 0 Å². The molecule has 0 atom stereocenters. The van der Waals surface area contributed by atoms with Crippen LogP contribution in [-0.4, -0.2) is 15.6 Å². The molecule has 100 valence electrons. The summed E-state index contributed by atoms with van der Waals surface area (Å²) in [4.78, 5) is 4.59. The summed E-state index contributed by atoms with van der Waals surface area (Å²) in [6, 6.07) is 9.33. The molecule has 0 saturated heterocycles. The zero-order valence-electron chi connectivity index (χ0n) is 11.9. The minimum atomic E-state index is 0.546. The van der Waals surface area contributed by atoms with Gasteiger partial charge in [0.1, 0.15) is 0 Å². The van der Waals surface area contributed by atoms with Crippen LogP contribution in [0, 0.1) is 6.92 Å². The number of aromatic nitrogens is 2. The molecule has 0 bridgehead atoms. The van der Waals surface area contributed by atoms with Crippen molar-refractivity contribution < 1.29 is 0 Å². The number of imidazole rings is 1. The molecule has 3 nitrogen and oxygen atoms in total. The van der Waals surface area contributed by atoms with E-state index in [0.29, 0.717) is 12.0 Å². The van der Waals surface area contributed by atoms with Gasteiger partial charge in [0.25, 0.3) is 0 Å². The highest BCUT2D eigenvalue weighted by Crippen LogP contribution is 2.27. The van der Waals surface area contributed by atoms with Crippen molar-refractivity contribution in [1.29, 1.82) is 0 Å². The van der Waals surface area contributed by atoms with E-state index in [1.54, 1.807) is 0 Å². The molecule has 3 heteroatoms. The highest BCUT2D eigenvalue weighted by Gasteiger charge is 2.23. The van der Waals surface area contributed by atoms with Crippen LogP contribution < -0.4 is 5.32 Å². The van der Waals surface area contributed by atoms with Crippen molar-refractivity contribution in [3.63, 3.8) is 0 Å². The van der Waals surface area contributed by atoms with Gasteiger partial charge >= 0.3 is 0 Å². The van der Waals surface area contributed by atoms with Gasteiger partial charge in [0.05, 0.1) is 5.69 Å². The van der Waals surface area contributed by atoms with Gasteiger partial charge in [-0.25, -0.2) is 4.98 Å². The summed E-state index contributed by atoms with van der Waals surface area (Å²) in [6.07, 6.45) is 4.63. The monoisotopic (exact) mass is 255 g/mol. The Kier molecular flexibility index (Phi) is 3.05. The minimum absolute atomic E-state index is 0.546. The topological polar surface area (TPSA) is 29.9 Å². The number of nitrogens with zero attached hydrogens (tertiary/aromatic N) is 2. The van der Waals surface area contributed by atoms with Crippen LogP contribution in [0.25, 0.3) is 5.69 Å². The molecule has 2 aromatic rings. The highest BCUT2D eigenvalue weighted by atomic mass is 15.2. The van der Waals surface area contributed by atoms with Crippen molar-refractivity contribution in [3.05, 3.63) is 41.7 Å². The van der Waals surface area contributed by atoms with Gasteiger partial charge in [-0.15, -0.1) is 0 Å². The molecule has 1 aromatic carbocycles. The lowest BCUT2D eigenvalue weighted by atomic mass is 10.0. The number of nitrogens with one attached hydrogen (secondary N) is 1. The number of hydrogen-bond acceptors (Lipinski definition) is 2. The van der Waals surface area contributed by atoms with Gasteiger partial charge in [-0.05, 0) is 43.4 Å². The fourth-order valence-corrected chi connectivity index (χ4v) is 2.24. The Balaban J connectivity index is 1.98. The summed E-state index contributed by atoms with van der Waals surface area (Å²) in [6.45, 7) is 6.49. The number of rotatable bonds is 4. The summed E-state index contributed by atoms with van der Waals surface area (Å²) >= 11 is 0. The third-order valence-electron chi connectivity index (χ3n) is 3.55. The Bertz CT molecular complexity index is 579. The number of aryl methyl sites for hydroxylation is 1. The fourth-order valence-electron chi connectivity index (χ4n) is 2.24. The number of hydrogen-bond donors (Lipinski definition) is 1. The molecule has 0 unspecified atom stereocenters. The van der Waals surface area contributed by atoms with E-state index < -0.39 is 0 Å². The summed E-state index contributed by atoms with van der Waals surface area (Å²) in [5, 5.41) is 3.50. The van der Waals surface area contributed by atoms with Gasteiger partial charge in [-0.1, -0.05) is 26.0 Å². The number of anilines is 1. The lowest BCUT2D eigenvalue weighted by Crippen LogP contribution is -2.07. The van der Waals surface area contributed by atoms with E-state index in [1.165, 1.54) is 24.1 Å². The second-order valence-electron chi connectivity index (χ2n) is 5.74. The summed E-state index contributed by atoms with van der Waals surface area (Å²) in [5.41, 5.74) is 3.61. The van der Waals surface area contributed by atoms with Gasteiger partial charge < -0.3 is 5.32 Å². The molecule has 1 heterocycles. The third-order valence-corrected chi connectivity index (χ3v) is 3.55. The molecule has 0 aliphatic heterocycles. The molecular weight excluding hydrogens is 234 g/mol. The molecule has 0 spiro atoms. The van der Waals surface area contributed by atoms with Crippen molar-refractivity contribution in [1.82, 2.24) is 9.55 Å². The largest absolute Gasteiger partial charge is 0.353 e. The Morgan fingerprint density at radius 1 is 1.32 bits per heavy atom. The average Bonchev–Trinajstić information content (AvgIpc) is 3.12. The summed E-state index contributed by atoms with van der Waals surface area (Å²) in [7, 11) is 0. The smallest absolute Gasteiger partial charge is 0.207 e. The Hall–Kier alpha value is -1.77. The first-order chi connectivity index (χ1) is 9.13. The first-order valence-corrected chi connectivity index (χ1v) is 7.06. The Morgan fingerprint density at radius 2 is 2.11 bits per heavy atom. The SMILES string of the molecule is Cc1cn(-c2cccc(C(C)C)c2)c(NC2CC2)n1. The normalized spacial score (nSPS) is 14.9. The van der Waals surface area contributed by atoms with Gasteiger partial charge in [-0.2, -0.15) is 0 Å². The van der Waals surface area contributed by atoms with E-state index >= 15 is 0 Å². The van der Waals surface area contributed by atoms with Crippen LogP contribution in [0.15, 0.2) is 30.5 Å². The summed E-state index contributed by atoms with van der Waals surface area (Å²) in [5.74, 6) is 1.52. The molecule has 0 amide bonds. The molecule has 19 heavy (non-hydrogen) atoms. The standard InChI is InChI=1S/C16H21N3/c1-11(2)13-5-4-6-15(9-13)19-10-12(3)17-16(19)18-14-7-8-14/h4-6,9-11,14H,7-8H2,1-3H3,(H,17,18). The zero-order chi connectivity index (χ0) is 13.4. The molecule has 1 saturated carbocycles. The van der Waals surface area contributed by atoms with Crippen molar-refractivity contribution >= 4 is 5.95 Å². The molecule has 1 aliphatic carbocycles. The van der Waals surface area contributed by atoms with Crippen LogP contribution in [0.4, 0.5) is 5.95 Å². The predicted octanol–water partition coefficient (Wildman–Crippen LogP) is 3.88. The predicted molar refractivity (Wildman–Crippen MR) is 79.0 cm³/mol. The van der Waals surface area contributed by atoms with E-state index in [0.717, 1.165) is 11.6 Å². The average molecular weight is 255 g/mol. The van der Waals surface area contributed by atoms with E-state index in [-0.39, 0.29) is 0 Å². The highest BCUT2D eigenvalue weighted by molar-refractivity contribution is 5.46. The van der Waals surface area contributed by atoms with Gasteiger partial charge in [0.2, 0.25) is 5.95 Å². The molecule has 0 radical (unpaired) electrons. The maximum atomic E-state index is 4.59. The second kappa shape index (κ2) is 4.72. The molecular formula is C16H21N3. The molecule has 3 rings (SSSR count). The van der Waals surface area contributed by atoms with E-state index in [4.69, 9.17) is 0 Å². The fraction of sp³-hybridized carbons (Fsp3) is 0.438. The minimum Gasteiger partial charge on any atom is -0.353 e. The summed E-state index contributed by atoms with van der Waals surface area (Å²) < 4.78 is 2.17. The molecule has 1 aromatic heterocycles. The van der Waals surface area contributed by atoms with Crippen LogP contribution in [0.5, 0.6) is 0 Å². The Morgan fingerprint density at radius 3 is 2.79 bits per heavy atom. The van der Waals surface area contributed by atoms with Gasteiger partial charge in [0.15, 0.2) is 0 Å². The van der Waals surface area contributed by atoms with Crippen molar-refractivity contribution in [2.24, 2.45) is 0 Å². The first kappa shape index (κ1) is 12.3. The van der Waals surface area contributed by atoms with Crippen LogP contribution in [-0.2, 0) is 0 Å². The molecule has 1 aliphatic rings. The van der Waals surface area contributed by atoms with Crippen molar-refractivity contribution in [2.45, 2.75) is 45.6 Å². The second-order valence-corrected chi connectivity index (χ2v) is 5.74. The Labute approximate surface area is 114 Å². The van der Waals surface area contributed by atoms with E-state index in [2.05, 4.69) is 59.2 Å². The van der Waals surface area contributed by atoms with Crippen LogP contribution in [0.2, 0.25) is 0 Å². The maximum Gasteiger partial charge on any atom is 0.207 e. The van der Waals surface area contributed by atoms with Crippen LogP contribution in [0.3, 0.4) is 0 Å². The molecule has 1 N–H and O–H groups in total. The van der Waals surface area contributed by atoms with Crippen LogP contribution in [0.1, 0.15) is 43.9 Å². The first-order valence-electron chi connectivity index (χ1n) is 7.06. The van der Waals surface area contributed by atoms with E-state index in [9.17, 15) is 0 Å². The third kappa shape index (κ3) is 2.65. The van der Waals surface area contributed by atoms with E-state index in [1.807, 2.05) is 6.92 Å². The lowest BCUT2D eigenvalue weighted by molar-refractivity contribution is 0.862. The lowest BCUT2D eigenvalue weighted by Gasteiger charge is -2.12. The number of benzene rings is 1. The van der Waals surface area contributed by atoms with Gasteiger partial charge in [-0.3, -0.25) is 4.57 Å². The maximum absolute atomic E-state index is 4.59. The van der Waals surface area contributed by atoms with Crippen molar-refractivity contribution in [2.75, 3.05) is 5.32 Å².